The van der Waals surface area contributed by atoms with Crippen molar-refractivity contribution >= 4 is 11.9 Å². The van der Waals surface area contributed by atoms with E-state index in [-0.39, 0.29) is 35.2 Å². The molecule has 7 heteroatoms. The van der Waals surface area contributed by atoms with Gasteiger partial charge in [-0.3, -0.25) is 14.5 Å². The first kappa shape index (κ1) is 27.1. The molecule has 1 N–H and O–H groups in total. The molecule has 0 atom stereocenters. The van der Waals surface area contributed by atoms with Gasteiger partial charge in [0.05, 0.1) is 0 Å². The van der Waals surface area contributed by atoms with Crippen molar-refractivity contribution in [3.8, 4) is 0 Å². The van der Waals surface area contributed by atoms with Crippen molar-refractivity contribution in [2.75, 3.05) is 7.05 Å². The zero-order valence-electron chi connectivity index (χ0n) is 21.8. The minimum Gasteiger partial charge on any atom is -0.462 e. The number of likely N-dealkylation sites (tertiary alicyclic amines) is 1. The maximum absolute atomic E-state index is 12.4. The first-order valence-corrected chi connectivity index (χ1v) is 12.1. The molecule has 2 rings (SSSR count). The lowest BCUT2D eigenvalue weighted by atomic mass is 9.79. The Kier molecular flexibility index (Phi) is 8.11. The van der Waals surface area contributed by atoms with Gasteiger partial charge in [-0.2, -0.15) is 5.06 Å². The molecule has 0 bridgehead atoms. The van der Waals surface area contributed by atoms with Crippen LogP contribution < -0.4 is 0 Å². The van der Waals surface area contributed by atoms with E-state index in [1.165, 1.54) is 5.06 Å². The highest BCUT2D eigenvalue weighted by molar-refractivity contribution is 5.71. The van der Waals surface area contributed by atoms with E-state index < -0.39 is 11.1 Å². The standard InChI is InChI=1S/C25H46N2O5/c1-22(2)14-18(15-23(3,4)26(22)9)31-20(28)12-10-11-13-21(29)32-19-16-24(5,6)27(30)25(7,8)17-19/h18-19,30H,10-17H2,1-9H3. The Morgan fingerprint density at radius 2 is 1.03 bits per heavy atom. The smallest absolute Gasteiger partial charge is 0.306 e. The predicted molar refractivity (Wildman–Crippen MR) is 124 cm³/mol. The van der Waals surface area contributed by atoms with E-state index >= 15 is 0 Å². The second kappa shape index (κ2) is 9.59. The lowest BCUT2D eigenvalue weighted by molar-refractivity contribution is -0.259. The second-order valence-corrected chi connectivity index (χ2v) is 12.4. The number of ether oxygens (including phenoxy) is 2. The molecule has 2 saturated heterocycles. The van der Waals surface area contributed by atoms with Crippen molar-refractivity contribution in [1.29, 1.82) is 0 Å². The number of hydroxylamine groups is 2. The van der Waals surface area contributed by atoms with E-state index in [4.69, 9.17) is 9.47 Å². The number of nitrogens with zero attached hydrogens (tertiary/aromatic N) is 2. The van der Waals surface area contributed by atoms with Gasteiger partial charge < -0.3 is 14.7 Å². The number of rotatable bonds is 7. The largest absolute Gasteiger partial charge is 0.462 e. The highest BCUT2D eigenvalue weighted by atomic mass is 16.6. The topological polar surface area (TPSA) is 79.3 Å². The maximum Gasteiger partial charge on any atom is 0.306 e. The lowest BCUT2D eigenvalue weighted by Crippen LogP contribution is -2.60. The molecule has 7 nitrogen and oxygen atoms in total. The molecule has 0 spiro atoms. The van der Waals surface area contributed by atoms with Crippen LogP contribution in [0.4, 0.5) is 0 Å². The van der Waals surface area contributed by atoms with Gasteiger partial charge in [-0.15, -0.1) is 0 Å². The number of hydrogen-bond donors (Lipinski definition) is 1. The zero-order valence-corrected chi connectivity index (χ0v) is 21.8. The van der Waals surface area contributed by atoms with E-state index in [0.29, 0.717) is 38.5 Å². The van der Waals surface area contributed by atoms with Gasteiger partial charge in [0.25, 0.3) is 0 Å². The maximum atomic E-state index is 12.4. The van der Waals surface area contributed by atoms with Crippen LogP contribution in [0.25, 0.3) is 0 Å². The minimum absolute atomic E-state index is 0.0221. The number of carbonyl (C=O) groups excluding carboxylic acids is 2. The fourth-order valence-corrected chi connectivity index (χ4v) is 5.65. The Bertz CT molecular complexity index is 592. The van der Waals surface area contributed by atoms with Crippen LogP contribution in [0.5, 0.6) is 0 Å². The molecule has 2 fully saturated rings. The minimum atomic E-state index is -0.451. The van der Waals surface area contributed by atoms with Crippen LogP contribution in [0.1, 0.15) is 107 Å². The Morgan fingerprint density at radius 3 is 1.38 bits per heavy atom. The SMILES string of the molecule is CN1C(C)(C)CC(OC(=O)CCCCC(=O)OC2CC(C)(C)N(O)C(C)(C)C2)CC1(C)C. The van der Waals surface area contributed by atoms with Gasteiger partial charge in [-0.25, -0.2) is 0 Å². The monoisotopic (exact) mass is 454 g/mol. The van der Waals surface area contributed by atoms with Crippen molar-refractivity contribution < 1.29 is 24.3 Å². The molecule has 0 aliphatic carbocycles. The molecule has 0 unspecified atom stereocenters. The summed E-state index contributed by atoms with van der Waals surface area (Å²) in [7, 11) is 2.13. The lowest BCUT2D eigenvalue weighted by Gasteiger charge is -2.53. The van der Waals surface area contributed by atoms with Crippen LogP contribution >= 0.6 is 0 Å². The summed E-state index contributed by atoms with van der Waals surface area (Å²) in [5.41, 5.74) is -0.946. The van der Waals surface area contributed by atoms with Gasteiger partial charge in [0.15, 0.2) is 0 Å². The third-order valence-electron chi connectivity index (χ3n) is 7.48. The van der Waals surface area contributed by atoms with Crippen molar-refractivity contribution in [3.05, 3.63) is 0 Å². The second-order valence-electron chi connectivity index (χ2n) is 12.4. The summed E-state index contributed by atoms with van der Waals surface area (Å²) in [6.07, 6.45) is 4.38. The van der Waals surface area contributed by atoms with Crippen LogP contribution in [0.3, 0.4) is 0 Å². The molecule has 0 aromatic rings. The van der Waals surface area contributed by atoms with Gasteiger partial charge in [0.1, 0.15) is 12.2 Å². The van der Waals surface area contributed by atoms with E-state index in [2.05, 4.69) is 39.6 Å². The fourth-order valence-electron chi connectivity index (χ4n) is 5.65. The molecule has 0 aromatic carbocycles. The van der Waals surface area contributed by atoms with Crippen LogP contribution in [0.2, 0.25) is 0 Å². The van der Waals surface area contributed by atoms with Gasteiger partial charge in [0.2, 0.25) is 0 Å². The van der Waals surface area contributed by atoms with Crippen molar-refractivity contribution in [3.63, 3.8) is 0 Å². The van der Waals surface area contributed by atoms with E-state index in [1.54, 1.807) is 0 Å². The van der Waals surface area contributed by atoms with Crippen LogP contribution in [-0.4, -0.2) is 68.5 Å². The highest BCUT2D eigenvalue weighted by Gasteiger charge is 2.46. The van der Waals surface area contributed by atoms with Gasteiger partial charge >= 0.3 is 11.9 Å². The van der Waals surface area contributed by atoms with Gasteiger partial charge in [0, 0.05) is 60.7 Å². The average Bonchev–Trinajstić information content (AvgIpc) is 2.60. The molecule has 186 valence electrons. The average molecular weight is 455 g/mol. The number of piperidine rings is 2. The predicted octanol–water partition coefficient (Wildman–Crippen LogP) is 4.70. The first-order chi connectivity index (χ1) is 14.5. The van der Waals surface area contributed by atoms with Gasteiger partial charge in [-0.05, 0) is 75.3 Å². The third kappa shape index (κ3) is 6.67. The summed E-state index contributed by atoms with van der Waals surface area (Å²) in [6.45, 7) is 16.6. The molecule has 0 amide bonds. The van der Waals surface area contributed by atoms with Crippen LogP contribution in [-0.2, 0) is 19.1 Å². The molecule has 2 aliphatic rings. The van der Waals surface area contributed by atoms with Crippen molar-refractivity contribution in [2.45, 2.75) is 141 Å². The van der Waals surface area contributed by atoms with E-state index in [1.807, 2.05) is 27.7 Å². The summed E-state index contributed by atoms with van der Waals surface area (Å²) < 4.78 is 11.5. The van der Waals surface area contributed by atoms with Crippen molar-refractivity contribution in [2.24, 2.45) is 0 Å². The normalized spacial score (nSPS) is 25.9. The zero-order chi connectivity index (χ0) is 24.5. The van der Waals surface area contributed by atoms with Crippen molar-refractivity contribution in [1.82, 2.24) is 9.96 Å². The molecule has 32 heavy (non-hydrogen) atoms. The summed E-state index contributed by atoms with van der Waals surface area (Å²) in [6, 6.07) is 0. The van der Waals surface area contributed by atoms with Crippen LogP contribution in [0, 0.1) is 0 Å². The number of esters is 2. The molecule has 2 heterocycles. The fraction of sp³-hybridized carbons (Fsp3) is 0.920. The Hall–Kier alpha value is -1.18. The summed E-state index contributed by atoms with van der Waals surface area (Å²) in [5.74, 6) is -0.418. The van der Waals surface area contributed by atoms with Crippen LogP contribution in [0.15, 0.2) is 0 Å². The molecular formula is C25H46N2O5. The summed E-state index contributed by atoms with van der Waals surface area (Å²) in [5, 5.41) is 11.8. The Morgan fingerprint density at radius 1 is 0.719 bits per heavy atom. The molecular weight excluding hydrogens is 408 g/mol. The number of unbranched alkanes of at least 4 members (excludes halogenated alkanes) is 1. The molecule has 0 saturated carbocycles. The summed E-state index contributed by atoms with van der Waals surface area (Å²) in [4.78, 5) is 27.1. The summed E-state index contributed by atoms with van der Waals surface area (Å²) >= 11 is 0. The first-order valence-electron chi connectivity index (χ1n) is 12.1. The van der Waals surface area contributed by atoms with E-state index in [9.17, 15) is 14.8 Å². The molecule has 0 aromatic heterocycles. The molecule has 0 radical (unpaired) electrons. The third-order valence-corrected chi connectivity index (χ3v) is 7.48. The number of carbonyl (C=O) groups is 2. The Balaban J connectivity index is 1.71. The quantitative estimate of drug-likeness (QED) is 0.441. The van der Waals surface area contributed by atoms with E-state index in [0.717, 1.165) is 12.8 Å². The number of hydrogen-bond acceptors (Lipinski definition) is 7. The highest BCUT2D eigenvalue weighted by Crippen LogP contribution is 2.39. The molecule has 2 aliphatic heterocycles. The Labute approximate surface area is 194 Å². The van der Waals surface area contributed by atoms with Gasteiger partial charge in [-0.1, -0.05) is 0 Å².